The minimum atomic E-state index is 0.784. The minimum Gasteiger partial charge on any atom is -0.357 e. The molecule has 2 N–H and O–H groups in total. The lowest BCUT2D eigenvalue weighted by Crippen LogP contribution is -2.39. The van der Waals surface area contributed by atoms with Gasteiger partial charge in [0.05, 0.1) is 6.54 Å². The fourth-order valence-electron chi connectivity index (χ4n) is 2.94. The number of likely N-dealkylation sites (N-methyl/N-ethyl adjacent to an activating group) is 1. The third-order valence-electron chi connectivity index (χ3n) is 4.46. The first-order valence-corrected chi connectivity index (χ1v) is 9.72. The Labute approximate surface area is 157 Å². The van der Waals surface area contributed by atoms with E-state index in [0.717, 1.165) is 56.7 Å². The number of guanidine groups is 1. The Bertz CT molecular complexity index is 517. The highest BCUT2D eigenvalue weighted by Crippen LogP contribution is 2.09. The number of nitrogens with zero attached hydrogens (tertiary/aromatic N) is 3. The van der Waals surface area contributed by atoms with Gasteiger partial charge in [0.25, 0.3) is 0 Å². The molecule has 0 aromatic heterocycles. The fraction of sp³-hybridized carbons (Fsp3) is 0.632. The van der Waals surface area contributed by atoms with Crippen molar-refractivity contribution < 1.29 is 0 Å². The first-order valence-electron chi connectivity index (χ1n) is 9.35. The van der Waals surface area contributed by atoms with Gasteiger partial charge >= 0.3 is 0 Å². The quantitative estimate of drug-likeness (QED) is 0.573. The second-order valence-electron chi connectivity index (χ2n) is 6.56. The first kappa shape index (κ1) is 20.0. The summed E-state index contributed by atoms with van der Waals surface area (Å²) in [5, 5.41) is 7.53. The second-order valence-corrected chi connectivity index (χ2v) is 7.00. The van der Waals surface area contributed by atoms with Crippen molar-refractivity contribution in [1.29, 1.82) is 0 Å². The van der Waals surface area contributed by atoms with Gasteiger partial charge in [0.2, 0.25) is 0 Å². The van der Waals surface area contributed by atoms with Gasteiger partial charge < -0.3 is 20.4 Å². The monoisotopic (exact) mass is 365 g/mol. The van der Waals surface area contributed by atoms with Crippen molar-refractivity contribution in [3.63, 3.8) is 0 Å². The van der Waals surface area contributed by atoms with Crippen LogP contribution in [0.25, 0.3) is 0 Å². The zero-order valence-corrected chi connectivity index (χ0v) is 16.4. The van der Waals surface area contributed by atoms with E-state index in [1.165, 1.54) is 25.1 Å². The molecule has 140 valence electrons. The van der Waals surface area contributed by atoms with E-state index in [4.69, 9.17) is 16.6 Å². The minimum absolute atomic E-state index is 0.784. The molecule has 0 spiro atoms. The van der Waals surface area contributed by atoms with Crippen LogP contribution in [0.2, 0.25) is 5.02 Å². The first-order chi connectivity index (χ1) is 12.2. The predicted molar refractivity (Wildman–Crippen MR) is 108 cm³/mol. The van der Waals surface area contributed by atoms with Gasteiger partial charge in [-0.1, -0.05) is 23.7 Å². The van der Waals surface area contributed by atoms with Gasteiger partial charge in [0.1, 0.15) is 0 Å². The molecule has 0 radical (unpaired) electrons. The third-order valence-corrected chi connectivity index (χ3v) is 4.71. The van der Waals surface area contributed by atoms with Crippen LogP contribution < -0.4 is 10.6 Å². The molecule has 1 aromatic carbocycles. The molecule has 1 saturated heterocycles. The summed E-state index contributed by atoms with van der Waals surface area (Å²) in [7, 11) is 2.20. The molecule has 25 heavy (non-hydrogen) atoms. The number of hydrogen-bond donors (Lipinski definition) is 2. The van der Waals surface area contributed by atoms with Crippen LogP contribution in [0.15, 0.2) is 29.3 Å². The van der Waals surface area contributed by atoms with Crippen molar-refractivity contribution in [2.75, 3.05) is 59.4 Å². The average molecular weight is 366 g/mol. The number of halogens is 1. The lowest BCUT2D eigenvalue weighted by molar-refractivity contribution is 0.283. The molecular formula is C19H32ClN5. The summed E-state index contributed by atoms with van der Waals surface area (Å²) in [5.74, 6) is 0.906. The van der Waals surface area contributed by atoms with Crippen LogP contribution in [0.1, 0.15) is 18.9 Å². The van der Waals surface area contributed by atoms with Crippen molar-refractivity contribution in [3.8, 4) is 0 Å². The molecule has 6 heteroatoms. The molecule has 1 aliphatic rings. The Morgan fingerprint density at radius 2 is 1.92 bits per heavy atom. The van der Waals surface area contributed by atoms with Crippen LogP contribution in [0.3, 0.4) is 0 Å². The van der Waals surface area contributed by atoms with Gasteiger partial charge in [-0.2, -0.15) is 0 Å². The lowest BCUT2D eigenvalue weighted by Gasteiger charge is -2.19. The zero-order valence-electron chi connectivity index (χ0n) is 15.6. The number of nitrogens with one attached hydrogen (secondary N) is 2. The number of aliphatic imine (C=N–C) groups is 1. The normalized spacial score (nSPS) is 17.3. The van der Waals surface area contributed by atoms with Gasteiger partial charge in [0.15, 0.2) is 5.96 Å². The van der Waals surface area contributed by atoms with Gasteiger partial charge in [-0.3, -0.25) is 4.99 Å². The van der Waals surface area contributed by atoms with Gasteiger partial charge in [-0.15, -0.1) is 0 Å². The van der Waals surface area contributed by atoms with Crippen LogP contribution in [-0.2, 0) is 6.42 Å². The predicted octanol–water partition coefficient (Wildman–Crippen LogP) is 2.08. The average Bonchev–Trinajstić information content (AvgIpc) is 2.81. The van der Waals surface area contributed by atoms with Gasteiger partial charge in [-0.25, -0.2) is 0 Å². The summed E-state index contributed by atoms with van der Waals surface area (Å²) in [6.07, 6.45) is 2.21. The Kier molecular flexibility index (Phi) is 9.08. The van der Waals surface area contributed by atoms with E-state index in [0.29, 0.717) is 0 Å². The maximum atomic E-state index is 5.93. The van der Waals surface area contributed by atoms with Crippen LogP contribution in [0, 0.1) is 0 Å². The highest BCUT2D eigenvalue weighted by Gasteiger charge is 2.11. The maximum Gasteiger partial charge on any atom is 0.191 e. The molecule has 1 heterocycles. The van der Waals surface area contributed by atoms with E-state index in [-0.39, 0.29) is 0 Å². The highest BCUT2D eigenvalue weighted by molar-refractivity contribution is 6.30. The molecule has 5 nitrogen and oxygen atoms in total. The van der Waals surface area contributed by atoms with Crippen LogP contribution in [-0.4, -0.2) is 75.2 Å². The van der Waals surface area contributed by atoms with Gasteiger partial charge in [0, 0.05) is 37.7 Å². The largest absolute Gasteiger partial charge is 0.357 e. The molecule has 1 aliphatic heterocycles. The zero-order chi connectivity index (χ0) is 17.9. The SMILES string of the molecule is CCNC(=NCCN1CCCN(C)CC1)NCCc1ccc(Cl)cc1. The number of hydrogen-bond acceptors (Lipinski definition) is 3. The summed E-state index contributed by atoms with van der Waals surface area (Å²) >= 11 is 5.93. The van der Waals surface area contributed by atoms with E-state index in [1.807, 2.05) is 12.1 Å². The Morgan fingerprint density at radius 3 is 2.68 bits per heavy atom. The summed E-state index contributed by atoms with van der Waals surface area (Å²) in [5.41, 5.74) is 1.28. The van der Waals surface area contributed by atoms with E-state index in [2.05, 4.69) is 46.5 Å². The smallest absolute Gasteiger partial charge is 0.191 e. The van der Waals surface area contributed by atoms with Crippen LogP contribution >= 0.6 is 11.6 Å². The Balaban J connectivity index is 1.72. The maximum absolute atomic E-state index is 5.93. The van der Waals surface area contributed by atoms with Crippen LogP contribution in [0.4, 0.5) is 0 Å². The molecule has 0 unspecified atom stereocenters. The molecule has 0 amide bonds. The molecule has 0 bridgehead atoms. The number of benzene rings is 1. The molecule has 2 rings (SSSR count). The summed E-state index contributed by atoms with van der Waals surface area (Å²) in [4.78, 5) is 9.65. The Hall–Kier alpha value is -1.30. The summed E-state index contributed by atoms with van der Waals surface area (Å²) in [6, 6.07) is 8.03. The topological polar surface area (TPSA) is 42.9 Å². The van der Waals surface area contributed by atoms with E-state index in [1.54, 1.807) is 0 Å². The van der Waals surface area contributed by atoms with Crippen molar-refractivity contribution in [2.45, 2.75) is 19.8 Å². The standard InChI is InChI=1S/C19H32ClN5/c1-3-21-19(22-10-9-17-5-7-18(20)8-6-17)23-11-14-25-13-4-12-24(2)15-16-25/h5-8H,3-4,9-16H2,1-2H3,(H2,21,22,23). The van der Waals surface area contributed by atoms with Crippen LogP contribution in [0.5, 0.6) is 0 Å². The lowest BCUT2D eigenvalue weighted by atomic mass is 10.1. The Morgan fingerprint density at radius 1 is 1.12 bits per heavy atom. The fourth-order valence-corrected chi connectivity index (χ4v) is 3.07. The van der Waals surface area contributed by atoms with Crippen molar-refractivity contribution >= 4 is 17.6 Å². The molecule has 1 fully saturated rings. The number of rotatable bonds is 7. The third kappa shape index (κ3) is 8.08. The van der Waals surface area contributed by atoms with Crippen molar-refractivity contribution in [3.05, 3.63) is 34.9 Å². The van der Waals surface area contributed by atoms with Gasteiger partial charge in [-0.05, 0) is 57.6 Å². The van der Waals surface area contributed by atoms with E-state index >= 15 is 0 Å². The molecule has 0 atom stereocenters. The molecule has 0 saturated carbocycles. The summed E-state index contributed by atoms with van der Waals surface area (Å²) in [6.45, 7) is 10.4. The van der Waals surface area contributed by atoms with Crippen molar-refractivity contribution in [2.24, 2.45) is 4.99 Å². The highest BCUT2D eigenvalue weighted by atomic mass is 35.5. The second kappa shape index (κ2) is 11.3. The van der Waals surface area contributed by atoms with E-state index in [9.17, 15) is 0 Å². The van der Waals surface area contributed by atoms with Crippen molar-refractivity contribution in [1.82, 2.24) is 20.4 Å². The molecule has 1 aromatic rings. The molecular weight excluding hydrogens is 334 g/mol. The van der Waals surface area contributed by atoms with E-state index < -0.39 is 0 Å². The molecule has 0 aliphatic carbocycles. The summed E-state index contributed by atoms with van der Waals surface area (Å²) < 4.78 is 0.